The highest BCUT2D eigenvalue weighted by Crippen LogP contribution is 2.32. The van der Waals surface area contributed by atoms with Crippen LogP contribution in [0, 0.1) is 0 Å². The molecule has 2 unspecified atom stereocenters. The van der Waals surface area contributed by atoms with Crippen LogP contribution in [0.15, 0.2) is 18.2 Å². The Morgan fingerprint density at radius 1 is 1.50 bits per heavy atom. The summed E-state index contributed by atoms with van der Waals surface area (Å²) in [7, 11) is 3.48. The largest absolute Gasteiger partial charge is 0.399 e. The van der Waals surface area contributed by atoms with E-state index in [0.717, 1.165) is 18.7 Å². The number of carbonyl (C=O) groups excluding carboxylic acids is 1. The minimum atomic E-state index is -0.185. The second kappa shape index (κ2) is 5.32. The lowest BCUT2D eigenvalue weighted by atomic mass is 9.93. The normalized spacial score (nSPS) is 25.5. The predicted molar refractivity (Wildman–Crippen MR) is 80.9 cm³/mol. The van der Waals surface area contributed by atoms with Crippen LogP contribution in [0.25, 0.3) is 0 Å². The number of hydrogen-bond acceptors (Lipinski definition) is 4. The van der Waals surface area contributed by atoms with Gasteiger partial charge in [-0.15, -0.1) is 0 Å². The fourth-order valence-corrected chi connectivity index (χ4v) is 2.40. The SMILES string of the molecule is CC1OCCC1(C)Nc1cc(N)ccc1C(=O)N(C)C. The fourth-order valence-electron chi connectivity index (χ4n) is 2.40. The number of nitrogens with zero attached hydrogens (tertiary/aromatic N) is 1. The summed E-state index contributed by atoms with van der Waals surface area (Å²) in [5.41, 5.74) is 7.71. The van der Waals surface area contributed by atoms with E-state index in [1.807, 2.05) is 13.0 Å². The number of hydrogen-bond donors (Lipinski definition) is 2. The number of anilines is 2. The van der Waals surface area contributed by atoms with Crippen LogP contribution in [0.2, 0.25) is 0 Å². The van der Waals surface area contributed by atoms with Crippen LogP contribution in [0.1, 0.15) is 30.6 Å². The summed E-state index contributed by atoms with van der Waals surface area (Å²) < 4.78 is 5.63. The molecule has 0 aliphatic carbocycles. The molecule has 1 saturated heterocycles. The van der Waals surface area contributed by atoms with Crippen molar-refractivity contribution >= 4 is 17.3 Å². The molecule has 20 heavy (non-hydrogen) atoms. The number of nitrogens with two attached hydrogens (primary N) is 1. The molecule has 5 heteroatoms. The molecule has 0 radical (unpaired) electrons. The Balaban J connectivity index is 2.35. The van der Waals surface area contributed by atoms with Crippen LogP contribution in [-0.2, 0) is 4.74 Å². The number of carbonyl (C=O) groups is 1. The van der Waals surface area contributed by atoms with Crippen molar-refractivity contribution < 1.29 is 9.53 Å². The zero-order valence-corrected chi connectivity index (χ0v) is 12.6. The molecule has 3 N–H and O–H groups in total. The van der Waals surface area contributed by atoms with Crippen molar-refractivity contribution in [3.05, 3.63) is 23.8 Å². The van der Waals surface area contributed by atoms with Crippen LogP contribution < -0.4 is 11.1 Å². The number of ether oxygens (including phenoxy) is 1. The summed E-state index contributed by atoms with van der Waals surface area (Å²) in [6, 6.07) is 5.33. The molecule has 2 atom stereocenters. The van der Waals surface area contributed by atoms with E-state index in [0.29, 0.717) is 11.3 Å². The van der Waals surface area contributed by atoms with Crippen molar-refractivity contribution in [1.29, 1.82) is 0 Å². The summed E-state index contributed by atoms with van der Waals surface area (Å²) in [4.78, 5) is 13.8. The van der Waals surface area contributed by atoms with Crippen molar-refractivity contribution in [3.8, 4) is 0 Å². The summed E-state index contributed by atoms with van der Waals surface area (Å²) in [5.74, 6) is -0.0392. The molecule has 5 nitrogen and oxygen atoms in total. The van der Waals surface area contributed by atoms with Gasteiger partial charge in [-0.2, -0.15) is 0 Å². The molecule has 1 aromatic rings. The highest BCUT2D eigenvalue weighted by atomic mass is 16.5. The first kappa shape index (κ1) is 14.7. The molecular formula is C15H23N3O2. The van der Waals surface area contributed by atoms with Gasteiger partial charge in [0, 0.05) is 32.1 Å². The molecule has 1 fully saturated rings. The molecule has 110 valence electrons. The number of rotatable bonds is 3. The topological polar surface area (TPSA) is 67.6 Å². The Labute approximate surface area is 120 Å². The first-order chi connectivity index (χ1) is 9.33. The third-order valence-corrected chi connectivity index (χ3v) is 3.99. The van der Waals surface area contributed by atoms with E-state index in [4.69, 9.17) is 10.5 Å². The van der Waals surface area contributed by atoms with Gasteiger partial charge in [-0.3, -0.25) is 4.79 Å². The fraction of sp³-hybridized carbons (Fsp3) is 0.533. The Morgan fingerprint density at radius 2 is 2.20 bits per heavy atom. The van der Waals surface area contributed by atoms with Gasteiger partial charge in [-0.25, -0.2) is 0 Å². The average Bonchev–Trinajstić information content (AvgIpc) is 2.68. The second-order valence-electron chi connectivity index (χ2n) is 5.81. The number of nitrogens with one attached hydrogen (secondary N) is 1. The summed E-state index contributed by atoms with van der Waals surface area (Å²) in [6.07, 6.45) is 0.990. The number of amides is 1. The van der Waals surface area contributed by atoms with Crippen molar-refractivity contribution in [2.75, 3.05) is 31.8 Å². The van der Waals surface area contributed by atoms with Gasteiger partial charge in [0.2, 0.25) is 0 Å². The van der Waals surface area contributed by atoms with Crippen molar-refractivity contribution in [2.45, 2.75) is 31.9 Å². The van der Waals surface area contributed by atoms with Gasteiger partial charge in [0.1, 0.15) is 0 Å². The highest BCUT2D eigenvalue weighted by Gasteiger charge is 2.37. The molecule has 0 spiro atoms. The molecule has 1 amide bonds. The smallest absolute Gasteiger partial charge is 0.255 e. The molecule has 0 aromatic heterocycles. The second-order valence-corrected chi connectivity index (χ2v) is 5.81. The Morgan fingerprint density at radius 3 is 2.75 bits per heavy atom. The van der Waals surface area contributed by atoms with Gasteiger partial charge < -0.3 is 20.7 Å². The van der Waals surface area contributed by atoms with Crippen LogP contribution >= 0.6 is 0 Å². The van der Waals surface area contributed by atoms with Crippen LogP contribution in [0.4, 0.5) is 11.4 Å². The first-order valence-corrected chi connectivity index (χ1v) is 6.84. The molecule has 1 aliphatic heterocycles. The van der Waals surface area contributed by atoms with Gasteiger partial charge in [0.15, 0.2) is 0 Å². The van der Waals surface area contributed by atoms with E-state index in [1.54, 1.807) is 31.1 Å². The van der Waals surface area contributed by atoms with Crippen LogP contribution in [0.3, 0.4) is 0 Å². The molecular weight excluding hydrogens is 254 g/mol. The lowest BCUT2D eigenvalue weighted by molar-refractivity contribution is 0.0827. The maximum absolute atomic E-state index is 12.3. The summed E-state index contributed by atoms with van der Waals surface area (Å²) in [6.45, 7) is 4.88. The lowest BCUT2D eigenvalue weighted by Crippen LogP contribution is -2.41. The van der Waals surface area contributed by atoms with Gasteiger partial charge in [-0.05, 0) is 38.5 Å². The van der Waals surface area contributed by atoms with Gasteiger partial charge >= 0.3 is 0 Å². The van der Waals surface area contributed by atoms with E-state index < -0.39 is 0 Å². The first-order valence-electron chi connectivity index (χ1n) is 6.84. The van der Waals surface area contributed by atoms with E-state index in [2.05, 4.69) is 12.2 Å². The zero-order chi connectivity index (χ0) is 14.9. The van der Waals surface area contributed by atoms with E-state index >= 15 is 0 Å². The maximum Gasteiger partial charge on any atom is 0.255 e. The van der Waals surface area contributed by atoms with Crippen molar-refractivity contribution in [1.82, 2.24) is 4.90 Å². The predicted octanol–water partition coefficient (Wildman–Crippen LogP) is 1.95. The van der Waals surface area contributed by atoms with Gasteiger partial charge in [0.25, 0.3) is 5.91 Å². The van der Waals surface area contributed by atoms with Crippen LogP contribution in [-0.4, -0.2) is 43.2 Å². The maximum atomic E-state index is 12.3. The Kier molecular flexibility index (Phi) is 3.90. The monoisotopic (exact) mass is 277 g/mol. The van der Waals surface area contributed by atoms with Crippen LogP contribution in [0.5, 0.6) is 0 Å². The number of benzene rings is 1. The van der Waals surface area contributed by atoms with Gasteiger partial charge in [-0.1, -0.05) is 0 Å². The minimum absolute atomic E-state index is 0.0392. The van der Waals surface area contributed by atoms with Crippen molar-refractivity contribution in [2.24, 2.45) is 0 Å². The molecule has 1 aliphatic rings. The Bertz CT molecular complexity index is 516. The average molecular weight is 277 g/mol. The Hall–Kier alpha value is -1.75. The van der Waals surface area contributed by atoms with Gasteiger partial charge in [0.05, 0.1) is 17.2 Å². The zero-order valence-electron chi connectivity index (χ0n) is 12.6. The molecule has 0 saturated carbocycles. The molecule has 1 aromatic carbocycles. The lowest BCUT2D eigenvalue weighted by Gasteiger charge is -2.31. The van der Waals surface area contributed by atoms with E-state index in [9.17, 15) is 4.79 Å². The third kappa shape index (κ3) is 2.72. The minimum Gasteiger partial charge on any atom is -0.399 e. The summed E-state index contributed by atoms with van der Waals surface area (Å²) in [5, 5.41) is 3.46. The van der Waals surface area contributed by atoms with Crippen molar-refractivity contribution in [3.63, 3.8) is 0 Å². The van der Waals surface area contributed by atoms with E-state index in [-0.39, 0.29) is 17.6 Å². The third-order valence-electron chi connectivity index (χ3n) is 3.99. The summed E-state index contributed by atoms with van der Waals surface area (Å²) >= 11 is 0. The number of nitrogen functional groups attached to an aromatic ring is 1. The molecule has 1 heterocycles. The molecule has 0 bridgehead atoms. The standard InChI is InChI=1S/C15H23N3O2/c1-10-15(2,7-8-20-10)17-13-9-11(16)5-6-12(13)14(19)18(3)4/h5-6,9-10,17H,7-8,16H2,1-4H3. The molecule has 2 rings (SSSR count). The highest BCUT2D eigenvalue weighted by molar-refractivity contribution is 6.00. The van der Waals surface area contributed by atoms with E-state index in [1.165, 1.54) is 0 Å². The quantitative estimate of drug-likeness (QED) is 0.829.